The number of hydrogen-bond donors (Lipinski definition) is 3. The molecular weight excluding hydrogens is 318 g/mol. The van der Waals surface area contributed by atoms with Crippen molar-refractivity contribution in [1.82, 2.24) is 15.5 Å². The predicted octanol–water partition coefficient (Wildman–Crippen LogP) is 2.90. The van der Waals surface area contributed by atoms with Crippen LogP contribution in [0.5, 0.6) is 5.75 Å². The summed E-state index contributed by atoms with van der Waals surface area (Å²) < 4.78 is 5.16. The van der Waals surface area contributed by atoms with Crippen molar-refractivity contribution in [2.45, 2.75) is 44.1 Å². The van der Waals surface area contributed by atoms with Gasteiger partial charge in [0.25, 0.3) is 5.91 Å². The number of carbonyl (C=O) groups is 1. The largest absolute Gasteiger partial charge is 0.497 e. The van der Waals surface area contributed by atoms with Gasteiger partial charge in [-0.15, -0.1) is 0 Å². The van der Waals surface area contributed by atoms with Crippen molar-refractivity contribution in [3.8, 4) is 17.0 Å². The predicted molar refractivity (Wildman–Crippen MR) is 95.6 cm³/mol. The van der Waals surface area contributed by atoms with Gasteiger partial charge in [0.15, 0.2) is 0 Å². The average molecular weight is 343 g/mol. The van der Waals surface area contributed by atoms with E-state index in [0.29, 0.717) is 11.3 Å². The third kappa shape index (κ3) is 4.20. The molecule has 1 aromatic heterocycles. The van der Waals surface area contributed by atoms with Crippen LogP contribution in [0.25, 0.3) is 11.3 Å². The van der Waals surface area contributed by atoms with Gasteiger partial charge in [0, 0.05) is 12.1 Å². The monoisotopic (exact) mass is 343 g/mol. The lowest BCUT2D eigenvalue weighted by Crippen LogP contribution is -2.42. The fourth-order valence-corrected chi connectivity index (χ4v) is 3.34. The molecule has 1 amide bonds. The van der Waals surface area contributed by atoms with Crippen LogP contribution >= 0.6 is 0 Å². The van der Waals surface area contributed by atoms with Gasteiger partial charge >= 0.3 is 0 Å². The Morgan fingerprint density at radius 2 is 1.92 bits per heavy atom. The number of benzene rings is 1. The van der Waals surface area contributed by atoms with E-state index in [4.69, 9.17) is 4.74 Å². The van der Waals surface area contributed by atoms with E-state index in [2.05, 4.69) is 15.5 Å². The molecule has 0 unspecified atom stereocenters. The first-order valence-corrected chi connectivity index (χ1v) is 8.80. The quantitative estimate of drug-likeness (QED) is 0.729. The molecule has 0 aliphatic heterocycles. The van der Waals surface area contributed by atoms with Crippen LogP contribution in [0.1, 0.15) is 48.9 Å². The number of aliphatic hydroxyl groups is 1. The normalized spacial score (nSPS) is 16.9. The number of ether oxygens (including phenoxy) is 1. The van der Waals surface area contributed by atoms with Crippen molar-refractivity contribution in [2.75, 3.05) is 13.7 Å². The summed E-state index contributed by atoms with van der Waals surface area (Å²) in [6, 6.07) is 7.43. The summed E-state index contributed by atoms with van der Waals surface area (Å²) in [5.41, 5.74) is 1.20. The Morgan fingerprint density at radius 1 is 1.24 bits per heavy atom. The second-order valence-corrected chi connectivity index (χ2v) is 6.71. The number of carbonyl (C=O) groups excluding carboxylic acids is 1. The lowest BCUT2D eigenvalue weighted by molar-refractivity contribution is 0.0246. The zero-order valence-electron chi connectivity index (χ0n) is 14.5. The van der Waals surface area contributed by atoms with E-state index in [0.717, 1.165) is 49.8 Å². The molecule has 1 fully saturated rings. The summed E-state index contributed by atoms with van der Waals surface area (Å²) in [5, 5.41) is 20.5. The van der Waals surface area contributed by atoms with Crippen LogP contribution in [0.15, 0.2) is 30.5 Å². The van der Waals surface area contributed by atoms with Gasteiger partial charge in [0.1, 0.15) is 5.75 Å². The molecule has 1 aliphatic carbocycles. The molecule has 0 bridgehead atoms. The third-order valence-corrected chi connectivity index (χ3v) is 4.87. The lowest BCUT2D eigenvalue weighted by atomic mass is 9.94. The van der Waals surface area contributed by atoms with Gasteiger partial charge in [-0.05, 0) is 37.1 Å². The molecule has 1 aliphatic rings. The molecule has 25 heavy (non-hydrogen) atoms. The first-order valence-electron chi connectivity index (χ1n) is 8.80. The number of aromatic amines is 1. The zero-order valence-corrected chi connectivity index (χ0v) is 14.5. The SMILES string of the molecule is COc1ccc(-c2[nH]ncc2C(=O)NCC2(O)CCCCCC2)cc1. The summed E-state index contributed by atoms with van der Waals surface area (Å²) in [4.78, 5) is 12.6. The first-order chi connectivity index (χ1) is 12.1. The Morgan fingerprint density at radius 3 is 2.56 bits per heavy atom. The fraction of sp³-hybridized carbons (Fsp3) is 0.474. The van der Waals surface area contributed by atoms with E-state index >= 15 is 0 Å². The highest BCUT2D eigenvalue weighted by molar-refractivity contribution is 5.99. The molecule has 1 aromatic carbocycles. The minimum atomic E-state index is -0.795. The van der Waals surface area contributed by atoms with Crippen LogP contribution < -0.4 is 10.1 Å². The number of aromatic nitrogens is 2. The molecule has 6 heteroatoms. The Bertz CT molecular complexity index is 701. The zero-order chi connectivity index (χ0) is 17.7. The van der Waals surface area contributed by atoms with E-state index in [1.54, 1.807) is 7.11 Å². The maximum absolute atomic E-state index is 12.6. The van der Waals surface area contributed by atoms with E-state index in [1.165, 1.54) is 6.20 Å². The maximum atomic E-state index is 12.6. The number of methoxy groups -OCH3 is 1. The van der Waals surface area contributed by atoms with Crippen LogP contribution in [0.4, 0.5) is 0 Å². The Hall–Kier alpha value is -2.34. The molecule has 0 saturated heterocycles. The fourth-order valence-electron chi connectivity index (χ4n) is 3.34. The molecule has 6 nitrogen and oxygen atoms in total. The summed E-state index contributed by atoms with van der Waals surface area (Å²) in [6.07, 6.45) is 7.32. The summed E-state index contributed by atoms with van der Waals surface area (Å²) in [6.45, 7) is 0.277. The van der Waals surface area contributed by atoms with E-state index in [1.807, 2.05) is 24.3 Å². The average Bonchev–Trinajstić information content (AvgIpc) is 3.03. The van der Waals surface area contributed by atoms with E-state index in [-0.39, 0.29) is 12.5 Å². The van der Waals surface area contributed by atoms with Crippen molar-refractivity contribution < 1.29 is 14.6 Å². The molecule has 1 saturated carbocycles. The molecule has 0 atom stereocenters. The molecular formula is C19H25N3O3. The molecule has 1 heterocycles. The Balaban J connectivity index is 1.69. The lowest BCUT2D eigenvalue weighted by Gasteiger charge is -2.26. The van der Waals surface area contributed by atoms with Crippen molar-refractivity contribution >= 4 is 5.91 Å². The van der Waals surface area contributed by atoms with E-state index < -0.39 is 5.60 Å². The van der Waals surface area contributed by atoms with Crippen LogP contribution in [0.3, 0.4) is 0 Å². The number of H-pyrrole nitrogens is 1. The highest BCUT2D eigenvalue weighted by Crippen LogP contribution is 2.27. The van der Waals surface area contributed by atoms with Crippen LogP contribution in [0.2, 0.25) is 0 Å². The number of nitrogens with one attached hydrogen (secondary N) is 2. The van der Waals surface area contributed by atoms with Crippen LogP contribution in [0, 0.1) is 0 Å². The van der Waals surface area contributed by atoms with Crippen molar-refractivity contribution in [3.63, 3.8) is 0 Å². The number of hydrogen-bond acceptors (Lipinski definition) is 4. The molecule has 3 rings (SSSR count). The van der Waals surface area contributed by atoms with Gasteiger partial charge in [-0.3, -0.25) is 9.89 Å². The minimum absolute atomic E-state index is 0.225. The highest BCUT2D eigenvalue weighted by Gasteiger charge is 2.29. The second kappa shape index (κ2) is 7.70. The number of amides is 1. The summed E-state index contributed by atoms with van der Waals surface area (Å²) >= 11 is 0. The maximum Gasteiger partial charge on any atom is 0.255 e. The van der Waals surface area contributed by atoms with Crippen LogP contribution in [-0.4, -0.2) is 40.5 Å². The third-order valence-electron chi connectivity index (χ3n) is 4.87. The van der Waals surface area contributed by atoms with Gasteiger partial charge < -0.3 is 15.2 Å². The second-order valence-electron chi connectivity index (χ2n) is 6.71. The van der Waals surface area contributed by atoms with Crippen molar-refractivity contribution in [3.05, 3.63) is 36.0 Å². The molecule has 3 N–H and O–H groups in total. The smallest absolute Gasteiger partial charge is 0.255 e. The topological polar surface area (TPSA) is 87.2 Å². The van der Waals surface area contributed by atoms with Gasteiger partial charge in [0.2, 0.25) is 0 Å². The van der Waals surface area contributed by atoms with E-state index in [9.17, 15) is 9.90 Å². The highest BCUT2D eigenvalue weighted by atomic mass is 16.5. The molecule has 0 radical (unpaired) electrons. The van der Waals surface area contributed by atoms with Gasteiger partial charge in [0.05, 0.1) is 30.2 Å². The van der Waals surface area contributed by atoms with Crippen LogP contribution in [-0.2, 0) is 0 Å². The Kier molecular flexibility index (Phi) is 5.38. The standard InChI is InChI=1S/C19H25N3O3/c1-25-15-8-6-14(7-9-15)17-16(12-21-22-17)18(23)20-13-19(24)10-4-2-3-5-11-19/h6-9,12,24H,2-5,10-11,13H2,1H3,(H,20,23)(H,21,22). The Labute approximate surface area is 147 Å². The molecule has 2 aromatic rings. The first kappa shape index (κ1) is 17.5. The van der Waals surface area contributed by atoms with Gasteiger partial charge in [-0.1, -0.05) is 25.7 Å². The summed E-state index contributed by atoms with van der Waals surface area (Å²) in [7, 11) is 1.61. The minimum Gasteiger partial charge on any atom is -0.497 e. The van der Waals surface area contributed by atoms with Crippen molar-refractivity contribution in [1.29, 1.82) is 0 Å². The van der Waals surface area contributed by atoms with Gasteiger partial charge in [-0.25, -0.2) is 0 Å². The van der Waals surface area contributed by atoms with Gasteiger partial charge in [-0.2, -0.15) is 5.10 Å². The number of nitrogens with zero attached hydrogens (tertiary/aromatic N) is 1. The summed E-state index contributed by atoms with van der Waals surface area (Å²) in [5.74, 6) is 0.530. The number of rotatable bonds is 5. The molecule has 0 spiro atoms. The van der Waals surface area contributed by atoms with Crippen molar-refractivity contribution in [2.24, 2.45) is 0 Å². The molecule has 134 valence electrons.